The van der Waals surface area contributed by atoms with E-state index in [1.807, 2.05) is 18.3 Å². The maximum absolute atomic E-state index is 5.06. The lowest BCUT2D eigenvalue weighted by atomic mass is 10.4. The molecule has 0 bridgehead atoms. The predicted molar refractivity (Wildman–Crippen MR) is 56.0 cm³/mol. The second-order valence-electron chi connectivity index (χ2n) is 3.02. The van der Waals surface area contributed by atoms with Crippen LogP contribution >= 0.6 is 0 Å². The molecule has 15 heavy (non-hydrogen) atoms. The highest BCUT2D eigenvalue weighted by Gasteiger charge is 2.07. The number of nitrogens with zero attached hydrogens (tertiary/aromatic N) is 2. The smallest absolute Gasteiger partial charge is 0.240 e. The van der Waals surface area contributed by atoms with E-state index in [4.69, 9.17) is 4.52 Å². The second kappa shape index (κ2) is 4.56. The second-order valence-corrected chi connectivity index (χ2v) is 3.02. The summed E-state index contributed by atoms with van der Waals surface area (Å²) < 4.78 is 5.06. The zero-order chi connectivity index (χ0) is 10.5. The molecule has 78 valence electrons. The molecule has 0 aliphatic rings. The Kier molecular flexibility index (Phi) is 2.94. The third-order valence-corrected chi connectivity index (χ3v) is 1.87. The zero-order valence-corrected chi connectivity index (χ0v) is 8.23. The van der Waals surface area contributed by atoms with Gasteiger partial charge in [0.25, 0.3) is 0 Å². The number of hydrogen-bond donors (Lipinski definition) is 2. The first-order valence-electron chi connectivity index (χ1n) is 4.68. The fourth-order valence-corrected chi connectivity index (χ4v) is 1.19. The number of nitrogens with one attached hydrogen (secondary N) is 2. The van der Waals surface area contributed by atoms with Crippen molar-refractivity contribution in [1.29, 1.82) is 0 Å². The van der Waals surface area contributed by atoms with E-state index in [2.05, 4.69) is 27.0 Å². The summed E-state index contributed by atoms with van der Waals surface area (Å²) in [5.74, 6) is 1.15. The number of aromatic nitrogens is 3. The molecule has 2 heterocycles. The molecular formula is C10H12N4O. The lowest BCUT2D eigenvalue weighted by molar-refractivity contribution is 0.370. The van der Waals surface area contributed by atoms with Crippen LogP contribution < -0.4 is 5.32 Å². The molecule has 2 aromatic rings. The lowest BCUT2D eigenvalue weighted by Crippen LogP contribution is -2.12. The number of rotatable bonds is 5. The quantitative estimate of drug-likeness (QED) is 0.569. The van der Waals surface area contributed by atoms with E-state index in [0.29, 0.717) is 18.3 Å². The average molecular weight is 204 g/mol. The molecule has 0 radical (unpaired) electrons. The molecular weight excluding hydrogens is 192 g/mol. The van der Waals surface area contributed by atoms with Crippen molar-refractivity contribution in [3.8, 4) is 11.5 Å². The Bertz CT molecular complexity index is 418. The van der Waals surface area contributed by atoms with E-state index in [1.165, 1.54) is 0 Å². The minimum absolute atomic E-state index is 0.555. The highest BCUT2D eigenvalue weighted by Crippen LogP contribution is 2.11. The van der Waals surface area contributed by atoms with Crippen LogP contribution in [-0.4, -0.2) is 21.7 Å². The summed E-state index contributed by atoms with van der Waals surface area (Å²) in [4.78, 5) is 7.23. The van der Waals surface area contributed by atoms with Crippen molar-refractivity contribution in [2.45, 2.75) is 6.54 Å². The van der Waals surface area contributed by atoms with Crippen LogP contribution in [0.15, 0.2) is 35.5 Å². The van der Waals surface area contributed by atoms with Gasteiger partial charge in [-0.25, -0.2) is 0 Å². The number of H-pyrrole nitrogens is 1. The van der Waals surface area contributed by atoms with Crippen LogP contribution in [0.25, 0.3) is 11.5 Å². The van der Waals surface area contributed by atoms with E-state index in [1.54, 1.807) is 6.08 Å². The van der Waals surface area contributed by atoms with Gasteiger partial charge in [0.15, 0.2) is 0 Å². The molecule has 0 spiro atoms. The summed E-state index contributed by atoms with van der Waals surface area (Å²) in [5.41, 5.74) is 0.855. The summed E-state index contributed by atoms with van der Waals surface area (Å²) in [6.07, 6.45) is 3.60. The Morgan fingerprint density at radius 1 is 1.60 bits per heavy atom. The van der Waals surface area contributed by atoms with Crippen LogP contribution in [0.4, 0.5) is 0 Å². The molecule has 2 aromatic heterocycles. The molecule has 0 unspecified atom stereocenters. The standard InChI is InChI=1S/C10H12N4O/c1-2-5-11-7-9-13-10(14-15-9)8-4-3-6-12-8/h2-4,6,11-12H,1,5,7H2. The molecule has 0 aromatic carbocycles. The van der Waals surface area contributed by atoms with Gasteiger partial charge in [0, 0.05) is 12.7 Å². The van der Waals surface area contributed by atoms with Gasteiger partial charge < -0.3 is 14.8 Å². The Balaban J connectivity index is 2.01. The fourth-order valence-electron chi connectivity index (χ4n) is 1.19. The molecule has 5 heteroatoms. The SMILES string of the molecule is C=CCNCc1nc(-c2ccc[nH]2)no1. The summed E-state index contributed by atoms with van der Waals surface area (Å²) >= 11 is 0. The topological polar surface area (TPSA) is 66.7 Å². The van der Waals surface area contributed by atoms with Crippen LogP contribution in [0, 0.1) is 0 Å². The first-order chi connectivity index (χ1) is 7.40. The number of hydrogen-bond acceptors (Lipinski definition) is 4. The van der Waals surface area contributed by atoms with Gasteiger partial charge in [-0.1, -0.05) is 11.2 Å². The third kappa shape index (κ3) is 2.32. The van der Waals surface area contributed by atoms with E-state index in [-0.39, 0.29) is 0 Å². The first-order valence-corrected chi connectivity index (χ1v) is 4.68. The molecule has 2 rings (SSSR count). The van der Waals surface area contributed by atoms with Crippen molar-refractivity contribution in [1.82, 2.24) is 20.4 Å². The monoisotopic (exact) mass is 204 g/mol. The van der Waals surface area contributed by atoms with Crippen molar-refractivity contribution in [2.24, 2.45) is 0 Å². The predicted octanol–water partition coefficient (Wildman–Crippen LogP) is 1.34. The largest absolute Gasteiger partial charge is 0.359 e. The minimum atomic E-state index is 0.555. The molecule has 5 nitrogen and oxygen atoms in total. The van der Waals surface area contributed by atoms with Crippen LogP contribution in [0.3, 0.4) is 0 Å². The van der Waals surface area contributed by atoms with Crippen LogP contribution in [0.2, 0.25) is 0 Å². The summed E-state index contributed by atoms with van der Waals surface area (Å²) in [7, 11) is 0. The molecule has 0 saturated heterocycles. The zero-order valence-electron chi connectivity index (χ0n) is 8.23. The molecule has 0 atom stereocenters. The van der Waals surface area contributed by atoms with Gasteiger partial charge in [0.2, 0.25) is 11.7 Å². The first kappa shape index (κ1) is 9.67. The van der Waals surface area contributed by atoms with Gasteiger partial charge in [-0.15, -0.1) is 6.58 Å². The molecule has 0 aliphatic heterocycles. The van der Waals surface area contributed by atoms with Gasteiger partial charge in [0.05, 0.1) is 12.2 Å². The Morgan fingerprint density at radius 2 is 2.53 bits per heavy atom. The van der Waals surface area contributed by atoms with Crippen molar-refractivity contribution < 1.29 is 4.52 Å². The highest BCUT2D eigenvalue weighted by molar-refractivity contribution is 5.47. The van der Waals surface area contributed by atoms with Crippen LogP contribution in [-0.2, 0) is 6.54 Å². The summed E-state index contributed by atoms with van der Waals surface area (Å²) in [5, 5.41) is 6.94. The van der Waals surface area contributed by atoms with Crippen LogP contribution in [0.1, 0.15) is 5.89 Å². The molecule has 0 amide bonds. The van der Waals surface area contributed by atoms with E-state index < -0.39 is 0 Å². The summed E-state index contributed by atoms with van der Waals surface area (Å²) in [6, 6.07) is 3.78. The maximum atomic E-state index is 5.06. The normalized spacial score (nSPS) is 10.4. The minimum Gasteiger partial charge on any atom is -0.359 e. The lowest BCUT2D eigenvalue weighted by Gasteiger charge is -1.93. The molecule has 2 N–H and O–H groups in total. The van der Waals surface area contributed by atoms with Crippen molar-refractivity contribution in [2.75, 3.05) is 6.54 Å². The molecule has 0 fully saturated rings. The average Bonchev–Trinajstić information content (AvgIpc) is 2.87. The van der Waals surface area contributed by atoms with Gasteiger partial charge in [-0.2, -0.15) is 4.98 Å². The van der Waals surface area contributed by atoms with Crippen LogP contribution in [0.5, 0.6) is 0 Å². The van der Waals surface area contributed by atoms with E-state index in [9.17, 15) is 0 Å². The van der Waals surface area contributed by atoms with Crippen molar-refractivity contribution >= 4 is 0 Å². The Labute approximate surface area is 87.2 Å². The van der Waals surface area contributed by atoms with E-state index in [0.717, 1.165) is 12.2 Å². The van der Waals surface area contributed by atoms with Crippen molar-refractivity contribution in [3.05, 3.63) is 36.9 Å². The third-order valence-electron chi connectivity index (χ3n) is 1.87. The molecule has 0 saturated carbocycles. The Morgan fingerprint density at radius 3 is 3.27 bits per heavy atom. The summed E-state index contributed by atoms with van der Waals surface area (Å²) in [6.45, 7) is 4.88. The van der Waals surface area contributed by atoms with Crippen molar-refractivity contribution in [3.63, 3.8) is 0 Å². The van der Waals surface area contributed by atoms with E-state index >= 15 is 0 Å². The van der Waals surface area contributed by atoms with Gasteiger partial charge in [0.1, 0.15) is 0 Å². The Hall–Kier alpha value is -1.88. The number of aromatic amines is 1. The van der Waals surface area contributed by atoms with Gasteiger partial charge in [-0.05, 0) is 12.1 Å². The molecule has 0 aliphatic carbocycles. The van der Waals surface area contributed by atoms with Gasteiger partial charge in [-0.3, -0.25) is 0 Å². The van der Waals surface area contributed by atoms with Gasteiger partial charge >= 0.3 is 0 Å². The fraction of sp³-hybridized carbons (Fsp3) is 0.200. The maximum Gasteiger partial charge on any atom is 0.240 e. The highest BCUT2D eigenvalue weighted by atomic mass is 16.5.